The van der Waals surface area contributed by atoms with Crippen LogP contribution in [0.1, 0.15) is 40.0 Å². The maximum absolute atomic E-state index is 13.1. The Bertz CT molecular complexity index is 1020. The number of carbonyl (C=O) groups excluding carboxylic acids is 3. The van der Waals surface area contributed by atoms with Crippen LogP contribution in [0.2, 0.25) is 0 Å². The number of carbonyl (C=O) groups is 3. The van der Waals surface area contributed by atoms with Gasteiger partial charge in [0, 0.05) is 18.2 Å². The first-order valence-electron chi connectivity index (χ1n) is 9.46. The average Bonchev–Trinajstić information content (AvgIpc) is 2.94. The lowest BCUT2D eigenvalue weighted by Crippen LogP contribution is -2.43. The zero-order valence-corrected chi connectivity index (χ0v) is 16.6. The lowest BCUT2D eigenvalue weighted by Gasteiger charge is -2.22. The number of nitro groups is 1. The maximum atomic E-state index is 13.1. The van der Waals surface area contributed by atoms with Gasteiger partial charge in [0.2, 0.25) is 0 Å². The van der Waals surface area contributed by atoms with Crippen molar-refractivity contribution in [2.24, 2.45) is 0 Å². The summed E-state index contributed by atoms with van der Waals surface area (Å²) in [5, 5.41) is 11.2. The fourth-order valence-electron chi connectivity index (χ4n) is 3.22. The molecule has 31 heavy (non-hydrogen) atoms. The largest absolute Gasteiger partial charge is 0.490 e. The molecule has 1 unspecified atom stereocenters. The summed E-state index contributed by atoms with van der Waals surface area (Å²) in [5.74, 6) is -2.78. The Labute approximate surface area is 176 Å². The van der Waals surface area contributed by atoms with Crippen LogP contribution in [0.3, 0.4) is 0 Å². The van der Waals surface area contributed by atoms with Crippen LogP contribution in [0.25, 0.3) is 0 Å². The number of benzene rings is 2. The minimum absolute atomic E-state index is 0.0248. The van der Waals surface area contributed by atoms with Crippen molar-refractivity contribution in [2.75, 3.05) is 13.7 Å². The molecule has 2 aromatic carbocycles. The van der Waals surface area contributed by atoms with Gasteiger partial charge in [0.15, 0.2) is 11.9 Å². The van der Waals surface area contributed by atoms with Crippen molar-refractivity contribution in [1.29, 1.82) is 0 Å². The van der Waals surface area contributed by atoms with E-state index in [9.17, 15) is 28.9 Å². The van der Waals surface area contributed by atoms with E-state index in [2.05, 4.69) is 0 Å². The van der Waals surface area contributed by atoms with Crippen molar-refractivity contribution < 1.29 is 33.2 Å². The number of esters is 1. The summed E-state index contributed by atoms with van der Waals surface area (Å²) >= 11 is 0. The molecule has 1 aliphatic heterocycles. The van der Waals surface area contributed by atoms with E-state index in [0.717, 1.165) is 23.1 Å². The molecule has 0 radical (unpaired) electrons. The van der Waals surface area contributed by atoms with Crippen molar-refractivity contribution in [3.63, 3.8) is 0 Å². The van der Waals surface area contributed by atoms with Crippen LogP contribution in [0, 0.1) is 15.9 Å². The molecule has 0 aliphatic carbocycles. The van der Waals surface area contributed by atoms with E-state index in [1.807, 2.05) is 0 Å². The second-order valence-electron chi connectivity index (χ2n) is 6.84. The molecular weight excluding hydrogens is 411 g/mol. The van der Waals surface area contributed by atoms with Crippen LogP contribution in [0.4, 0.5) is 10.1 Å². The minimum atomic E-state index is -1.22. The number of methoxy groups -OCH3 is 1. The molecular formula is C21H19FN2O7. The SMILES string of the molecule is COc1ccc(C(=O)OC2CCCCN(C(=O)c3ccc(F)cc3)C2=O)cc1[N+](=O)[O-]. The number of nitro benzene ring substituents is 1. The summed E-state index contributed by atoms with van der Waals surface area (Å²) in [6, 6.07) is 8.32. The smallest absolute Gasteiger partial charge is 0.339 e. The van der Waals surface area contributed by atoms with Gasteiger partial charge in [-0.15, -0.1) is 0 Å². The first-order chi connectivity index (χ1) is 14.8. The molecule has 1 saturated heterocycles. The zero-order valence-electron chi connectivity index (χ0n) is 16.6. The van der Waals surface area contributed by atoms with E-state index in [4.69, 9.17) is 9.47 Å². The fourth-order valence-corrected chi connectivity index (χ4v) is 3.22. The Kier molecular flexibility index (Phi) is 6.58. The quantitative estimate of drug-likeness (QED) is 0.310. The summed E-state index contributed by atoms with van der Waals surface area (Å²) in [4.78, 5) is 49.6. The number of imide groups is 1. The lowest BCUT2D eigenvalue weighted by molar-refractivity contribution is -0.385. The first kappa shape index (κ1) is 21.9. The van der Waals surface area contributed by atoms with Crippen LogP contribution in [-0.4, -0.2) is 47.4 Å². The monoisotopic (exact) mass is 430 g/mol. The van der Waals surface area contributed by atoms with Crippen LogP contribution in [0.5, 0.6) is 5.75 Å². The average molecular weight is 430 g/mol. The van der Waals surface area contributed by atoms with Gasteiger partial charge in [-0.05, 0) is 55.7 Å². The fraction of sp³-hybridized carbons (Fsp3) is 0.286. The van der Waals surface area contributed by atoms with Crippen LogP contribution >= 0.6 is 0 Å². The van der Waals surface area contributed by atoms with Crippen LogP contribution in [-0.2, 0) is 9.53 Å². The van der Waals surface area contributed by atoms with Gasteiger partial charge in [-0.3, -0.25) is 24.6 Å². The predicted octanol–water partition coefficient (Wildman–Crippen LogP) is 3.12. The number of nitrogens with zero attached hydrogens (tertiary/aromatic N) is 2. The number of amides is 2. The van der Waals surface area contributed by atoms with Gasteiger partial charge < -0.3 is 9.47 Å². The Morgan fingerprint density at radius 2 is 1.81 bits per heavy atom. The third-order valence-corrected chi connectivity index (χ3v) is 4.84. The number of likely N-dealkylation sites (tertiary alicyclic amines) is 1. The lowest BCUT2D eigenvalue weighted by atomic mass is 10.1. The highest BCUT2D eigenvalue weighted by atomic mass is 19.1. The molecule has 9 nitrogen and oxygen atoms in total. The molecule has 0 N–H and O–H groups in total. The van der Waals surface area contributed by atoms with E-state index in [-0.39, 0.29) is 29.8 Å². The number of rotatable bonds is 5. The number of hydrogen-bond acceptors (Lipinski definition) is 7. The van der Waals surface area contributed by atoms with Crippen molar-refractivity contribution in [3.05, 3.63) is 69.5 Å². The van der Waals surface area contributed by atoms with Gasteiger partial charge in [0.1, 0.15) is 5.82 Å². The molecule has 1 fully saturated rings. The first-order valence-corrected chi connectivity index (χ1v) is 9.46. The molecule has 1 heterocycles. The van der Waals surface area contributed by atoms with Gasteiger partial charge in [0.05, 0.1) is 17.6 Å². The van der Waals surface area contributed by atoms with Gasteiger partial charge >= 0.3 is 11.7 Å². The Balaban J connectivity index is 1.79. The topological polar surface area (TPSA) is 116 Å². The van der Waals surface area contributed by atoms with E-state index in [1.165, 1.54) is 31.4 Å². The highest BCUT2D eigenvalue weighted by Gasteiger charge is 2.34. The van der Waals surface area contributed by atoms with Crippen LogP contribution in [0.15, 0.2) is 42.5 Å². The van der Waals surface area contributed by atoms with Crippen molar-refractivity contribution >= 4 is 23.5 Å². The highest BCUT2D eigenvalue weighted by Crippen LogP contribution is 2.28. The summed E-state index contributed by atoms with van der Waals surface area (Å²) < 4.78 is 23.3. The predicted molar refractivity (Wildman–Crippen MR) is 105 cm³/mol. The molecule has 0 aromatic heterocycles. The molecule has 0 spiro atoms. The molecule has 2 amide bonds. The number of halogens is 1. The Morgan fingerprint density at radius 1 is 1.13 bits per heavy atom. The molecule has 1 aliphatic rings. The van der Waals surface area contributed by atoms with Crippen molar-refractivity contribution in [3.8, 4) is 5.75 Å². The Hall–Kier alpha value is -3.82. The molecule has 1 atom stereocenters. The molecule has 2 aromatic rings. The van der Waals surface area contributed by atoms with Gasteiger partial charge in [-0.25, -0.2) is 9.18 Å². The van der Waals surface area contributed by atoms with Crippen molar-refractivity contribution in [1.82, 2.24) is 4.90 Å². The maximum Gasteiger partial charge on any atom is 0.339 e. The number of hydrogen-bond donors (Lipinski definition) is 0. The molecule has 162 valence electrons. The van der Waals surface area contributed by atoms with Crippen LogP contribution < -0.4 is 4.74 Å². The van der Waals surface area contributed by atoms with E-state index >= 15 is 0 Å². The highest BCUT2D eigenvalue weighted by molar-refractivity contribution is 6.06. The van der Waals surface area contributed by atoms with E-state index in [0.29, 0.717) is 12.8 Å². The Morgan fingerprint density at radius 3 is 2.45 bits per heavy atom. The third kappa shape index (κ3) is 4.85. The van der Waals surface area contributed by atoms with Gasteiger partial charge in [0.25, 0.3) is 11.8 Å². The molecule has 0 bridgehead atoms. The summed E-state index contributed by atoms with van der Waals surface area (Å²) in [5.41, 5.74) is -0.411. The normalized spacial score (nSPS) is 16.4. The zero-order chi connectivity index (χ0) is 22.5. The number of ether oxygens (including phenoxy) is 2. The second-order valence-corrected chi connectivity index (χ2v) is 6.84. The van der Waals surface area contributed by atoms with E-state index in [1.54, 1.807) is 0 Å². The molecule has 0 saturated carbocycles. The minimum Gasteiger partial charge on any atom is -0.490 e. The molecule has 10 heteroatoms. The molecule has 3 rings (SSSR count). The van der Waals surface area contributed by atoms with Gasteiger partial charge in [-0.1, -0.05) is 0 Å². The standard InChI is InChI=1S/C21H19FN2O7/c1-30-17-10-7-14(12-16(17)24(28)29)21(27)31-18-4-2-3-11-23(20(18)26)19(25)13-5-8-15(22)9-6-13/h5-10,12,18H,2-4,11H2,1H3. The second kappa shape index (κ2) is 9.33. The van der Waals surface area contributed by atoms with E-state index < -0.39 is 40.3 Å². The summed E-state index contributed by atoms with van der Waals surface area (Å²) in [7, 11) is 1.26. The van der Waals surface area contributed by atoms with Gasteiger partial charge in [-0.2, -0.15) is 0 Å². The van der Waals surface area contributed by atoms with Crippen molar-refractivity contribution in [2.45, 2.75) is 25.4 Å². The summed E-state index contributed by atoms with van der Waals surface area (Å²) in [6.45, 7) is 0.136. The summed E-state index contributed by atoms with van der Waals surface area (Å²) in [6.07, 6.45) is 0.0247. The third-order valence-electron chi connectivity index (χ3n) is 4.84.